The number of benzene rings is 1. The summed E-state index contributed by atoms with van der Waals surface area (Å²) >= 11 is 2.38. The number of Topliss-reactive ketones (excluding diaryl/α,β-unsaturated/α-hetero) is 1. The zero-order valence-corrected chi connectivity index (χ0v) is 51.2. The van der Waals surface area contributed by atoms with Crippen LogP contribution in [0.1, 0.15) is 136 Å². The summed E-state index contributed by atoms with van der Waals surface area (Å²) in [6, 6.07) is 4.16. The number of nitrogens with one attached hydrogen (secondary N) is 4. The number of hydrogen-bond donors (Lipinski definition) is 8. The van der Waals surface area contributed by atoms with Gasteiger partial charge in [0.15, 0.2) is 5.79 Å². The summed E-state index contributed by atoms with van der Waals surface area (Å²) in [4.78, 5) is 64.8. The maximum absolute atomic E-state index is 14.5. The van der Waals surface area contributed by atoms with Crippen molar-refractivity contribution >= 4 is 58.0 Å². The van der Waals surface area contributed by atoms with Crippen molar-refractivity contribution in [1.29, 1.82) is 0 Å². The molecule has 8 fully saturated rings. The number of methoxy groups -OCH3 is 1. The molecule has 464 valence electrons. The van der Waals surface area contributed by atoms with Crippen LogP contribution >= 0.6 is 22.6 Å². The van der Waals surface area contributed by atoms with Gasteiger partial charge in [0.2, 0.25) is 11.8 Å². The van der Waals surface area contributed by atoms with E-state index in [-0.39, 0.29) is 121 Å². The van der Waals surface area contributed by atoms with Crippen LogP contribution < -0.4 is 32.7 Å². The van der Waals surface area contributed by atoms with Crippen molar-refractivity contribution in [2.24, 2.45) is 34.6 Å². The molecule has 83 heavy (non-hydrogen) atoms. The van der Waals surface area contributed by atoms with Crippen molar-refractivity contribution in [3.63, 3.8) is 0 Å². The summed E-state index contributed by atoms with van der Waals surface area (Å²) in [6.45, 7) is 14.8. The number of ketones is 1. The lowest BCUT2D eigenvalue weighted by Gasteiger charge is -2.49. The van der Waals surface area contributed by atoms with Gasteiger partial charge in [-0.15, -0.1) is 0 Å². The molecule has 1 aromatic rings. The van der Waals surface area contributed by atoms with E-state index >= 15 is 0 Å². The maximum Gasteiger partial charge on any atom is 0.407 e. The number of halogens is 1. The SMILES string of the molecule is C=C1C2C[C@@H]3O[C@H](C[C@H](O)CNC(=O)OCc4ccc(NC(=O)C(CCCNC(N)=O)NC(=O)[C@@H](N)C(C)C)cc4)[C@H](OC)[C@H]3CC(=O)CC3CC[C@@H]4O[C@@H]5[C@@H](I)[C@@H](O[C@@]6(CC[C@H]7CC(C)(C)[C@H](CCC(C[C@H]1C)O2)O7)C[C@@H](O)[C@@H]5O6)[C@H]4O3. The number of alkyl halides is 1. The number of fused-ring (bicyclic) bond motifs is 9. The number of urea groups is 1. The van der Waals surface area contributed by atoms with E-state index < -0.39 is 90.5 Å². The zero-order chi connectivity index (χ0) is 59.5. The molecule has 22 nitrogen and oxygen atoms in total. The number of carbonyl (C=O) groups is 5. The van der Waals surface area contributed by atoms with E-state index in [0.29, 0.717) is 49.8 Å². The highest BCUT2D eigenvalue weighted by Crippen LogP contribution is 2.52. The highest BCUT2D eigenvalue weighted by Gasteiger charge is 2.63. The van der Waals surface area contributed by atoms with Crippen LogP contribution in [0, 0.1) is 23.2 Å². The zero-order valence-electron chi connectivity index (χ0n) is 49.0. The van der Waals surface area contributed by atoms with E-state index in [9.17, 15) is 34.2 Å². The fraction of sp³-hybridized carbons (Fsp3) is 0.783. The molecule has 23 heteroatoms. The number of ether oxygens (including phenoxy) is 9. The maximum atomic E-state index is 14.5. The van der Waals surface area contributed by atoms with E-state index in [1.807, 2.05) is 0 Å². The molecule has 10 N–H and O–H groups in total. The van der Waals surface area contributed by atoms with Gasteiger partial charge in [-0.1, -0.05) is 75.9 Å². The molecule has 0 radical (unpaired) electrons. The number of hydrogen-bond acceptors (Lipinski definition) is 17. The van der Waals surface area contributed by atoms with Gasteiger partial charge in [-0.2, -0.15) is 0 Å². The van der Waals surface area contributed by atoms with Gasteiger partial charge in [-0.3, -0.25) is 14.4 Å². The molecular formula is C60H91IN6O16. The Balaban J connectivity index is 0.830. The van der Waals surface area contributed by atoms with Gasteiger partial charge < -0.3 is 85.6 Å². The number of amides is 5. The smallest absolute Gasteiger partial charge is 0.407 e. The van der Waals surface area contributed by atoms with Crippen LogP contribution in [-0.4, -0.2) is 173 Å². The third kappa shape index (κ3) is 15.6. The topological polar surface area (TPSA) is 309 Å². The third-order valence-corrected chi connectivity index (χ3v) is 20.2. The first kappa shape index (κ1) is 63.9. The molecule has 10 bridgehead atoms. The van der Waals surface area contributed by atoms with E-state index in [1.165, 1.54) is 0 Å². The van der Waals surface area contributed by atoms with Crippen LogP contribution in [-0.2, 0) is 63.6 Å². The first-order valence-corrected chi connectivity index (χ1v) is 31.5. The summed E-state index contributed by atoms with van der Waals surface area (Å²) in [5.74, 6) is -2.35. The van der Waals surface area contributed by atoms with Gasteiger partial charge >= 0.3 is 12.1 Å². The fourth-order valence-corrected chi connectivity index (χ4v) is 15.2. The van der Waals surface area contributed by atoms with Gasteiger partial charge in [0.25, 0.3) is 0 Å². The number of carbonyl (C=O) groups excluding carboxylic acids is 5. The molecule has 5 amide bonds. The van der Waals surface area contributed by atoms with Crippen molar-refractivity contribution in [1.82, 2.24) is 16.0 Å². The largest absolute Gasteiger partial charge is 0.445 e. The van der Waals surface area contributed by atoms with Crippen molar-refractivity contribution in [3.8, 4) is 0 Å². The lowest BCUT2D eigenvalue weighted by molar-refractivity contribution is -0.274. The van der Waals surface area contributed by atoms with E-state index in [4.69, 9.17) is 54.1 Å². The Bertz CT molecular complexity index is 2440. The lowest BCUT2D eigenvalue weighted by Crippen LogP contribution is -2.63. The van der Waals surface area contributed by atoms with E-state index in [0.717, 1.165) is 37.7 Å². The second-order valence-electron chi connectivity index (χ2n) is 25.8. The van der Waals surface area contributed by atoms with Gasteiger partial charge in [0.05, 0.1) is 77.1 Å². The standard InChI is InChI=1S/C60H91IN6O16/c1-30(2)49(62)56(72)67-41(9-8-20-64-57(63)73)55(71)66-34-12-10-33(11-13-34)29-76-58(74)65-28-36(69)24-46-50(75-7)40-23-35(68)22-38-14-16-43-52(79-38)54-48(61)53(81-43)51-42(70)27-60(82-51,83-54)19-18-39-26-59(5,6)47(78-39)17-15-37-21-31(3)32(4)44(77-37)25-45(40)80-46/h10-13,30-31,36-54,69-70H,4,8-9,14-29,62H2,1-3,5-7H3,(H,65,74)(H,66,71)(H,67,72)(H3,63,64,73)/t31-,36+,37?,38?,39+,40+,41?,42-,43+,44?,45+,46-,47+,48-,49+,50-,51+,52+,53-,54-,60+/m1/s1. The lowest BCUT2D eigenvalue weighted by atomic mass is 9.79. The normalized spacial score (nSPS) is 37.9. The monoisotopic (exact) mass is 1280 g/mol. The van der Waals surface area contributed by atoms with Gasteiger partial charge in [-0.25, -0.2) is 9.59 Å². The Morgan fingerprint density at radius 3 is 2.35 bits per heavy atom. The van der Waals surface area contributed by atoms with Crippen LogP contribution in [0.25, 0.3) is 0 Å². The molecule has 0 aliphatic carbocycles. The molecule has 0 saturated carbocycles. The van der Waals surface area contributed by atoms with Crippen LogP contribution in [0.2, 0.25) is 0 Å². The molecule has 1 spiro atoms. The Hall–Kier alpha value is -3.60. The summed E-state index contributed by atoms with van der Waals surface area (Å²) in [7, 11) is 1.59. The fourth-order valence-electron chi connectivity index (χ4n) is 14.0. The molecule has 8 aliphatic heterocycles. The van der Waals surface area contributed by atoms with Crippen molar-refractivity contribution in [2.45, 2.75) is 251 Å². The van der Waals surface area contributed by atoms with E-state index in [2.05, 4.69) is 71.2 Å². The number of nitrogens with two attached hydrogens (primary N) is 2. The quantitative estimate of drug-likeness (QED) is 0.0461. The second-order valence-corrected chi connectivity index (χ2v) is 27.2. The summed E-state index contributed by atoms with van der Waals surface area (Å²) in [5, 5.41) is 33.6. The molecule has 1 aromatic carbocycles. The molecule has 8 heterocycles. The van der Waals surface area contributed by atoms with Gasteiger partial charge in [0.1, 0.15) is 42.8 Å². The molecule has 21 atom stereocenters. The summed E-state index contributed by atoms with van der Waals surface area (Å²) < 4.78 is 59.7. The van der Waals surface area contributed by atoms with E-state index in [1.54, 1.807) is 45.2 Å². The average molecular weight is 1280 g/mol. The van der Waals surface area contributed by atoms with Crippen LogP contribution in [0.5, 0.6) is 0 Å². The summed E-state index contributed by atoms with van der Waals surface area (Å²) in [5.41, 5.74) is 13.2. The minimum atomic E-state index is -1.07. The predicted molar refractivity (Wildman–Crippen MR) is 312 cm³/mol. The highest BCUT2D eigenvalue weighted by atomic mass is 127. The second kappa shape index (κ2) is 27.6. The summed E-state index contributed by atoms with van der Waals surface area (Å²) in [6.07, 6.45) is 0.616. The Kier molecular flexibility index (Phi) is 21.3. The number of anilines is 1. The van der Waals surface area contributed by atoms with Crippen LogP contribution in [0.15, 0.2) is 36.4 Å². The molecule has 8 aliphatic rings. The number of rotatable bonds is 16. The highest BCUT2D eigenvalue weighted by molar-refractivity contribution is 14.1. The van der Waals surface area contributed by atoms with Gasteiger partial charge in [-0.05, 0) is 98.3 Å². The minimum Gasteiger partial charge on any atom is -0.445 e. The Morgan fingerprint density at radius 1 is 0.867 bits per heavy atom. The first-order chi connectivity index (χ1) is 39.5. The van der Waals surface area contributed by atoms with Crippen LogP contribution in [0.3, 0.4) is 0 Å². The Labute approximate surface area is 501 Å². The van der Waals surface area contributed by atoms with Gasteiger partial charge in [0, 0.05) is 70.3 Å². The van der Waals surface area contributed by atoms with Crippen molar-refractivity contribution in [3.05, 3.63) is 42.0 Å². The third-order valence-electron chi connectivity index (χ3n) is 18.8. The minimum absolute atomic E-state index is 0.00302. The first-order valence-electron chi connectivity index (χ1n) is 30.2. The Morgan fingerprint density at radius 2 is 1.61 bits per heavy atom. The number of aliphatic hydroxyl groups excluding tert-OH is 2. The predicted octanol–water partition coefficient (Wildman–Crippen LogP) is 5.13. The van der Waals surface area contributed by atoms with Crippen molar-refractivity contribution in [2.75, 3.05) is 25.5 Å². The average Bonchev–Trinajstić information content (AvgIpc) is 2.24. The molecule has 0 aromatic heterocycles. The number of aliphatic hydroxyl groups is 2. The molecular weight excluding hydrogens is 1190 g/mol. The molecule has 8 saturated heterocycles. The number of alkyl carbamates (subject to hydrolysis) is 1. The molecule has 4 unspecified atom stereocenters. The molecule has 9 rings (SSSR count). The van der Waals surface area contributed by atoms with Crippen molar-refractivity contribution < 1.29 is 76.8 Å². The number of primary amides is 1. The van der Waals surface area contributed by atoms with Crippen LogP contribution in [0.4, 0.5) is 15.3 Å².